The predicted octanol–water partition coefficient (Wildman–Crippen LogP) is 2.26. The van der Waals surface area contributed by atoms with Gasteiger partial charge in [-0.25, -0.2) is 18.4 Å². The molecule has 2 atom stereocenters. The molecule has 0 saturated carbocycles. The Morgan fingerprint density at radius 2 is 2.00 bits per heavy atom. The summed E-state index contributed by atoms with van der Waals surface area (Å²) in [6.07, 6.45) is 2.63. The van der Waals surface area contributed by atoms with Gasteiger partial charge in [-0.2, -0.15) is 5.10 Å². The Morgan fingerprint density at radius 1 is 1.26 bits per heavy atom. The Hall–Kier alpha value is -3.13. The van der Waals surface area contributed by atoms with E-state index in [2.05, 4.69) is 15.4 Å². The lowest BCUT2D eigenvalue weighted by atomic mass is 9.86. The molecular weight excluding hydrogens is 354 g/mol. The Kier molecular flexibility index (Phi) is 5.27. The highest BCUT2D eigenvalue weighted by Gasteiger charge is 2.40. The van der Waals surface area contributed by atoms with Gasteiger partial charge in [-0.3, -0.25) is 4.79 Å². The fourth-order valence-corrected chi connectivity index (χ4v) is 2.85. The van der Waals surface area contributed by atoms with Gasteiger partial charge in [-0.1, -0.05) is 24.3 Å². The molecule has 0 spiro atoms. The monoisotopic (exact) mass is 372 g/mol. The van der Waals surface area contributed by atoms with Gasteiger partial charge in [0.05, 0.1) is 12.6 Å². The molecule has 3 rings (SSSR count). The molecule has 0 aliphatic carbocycles. The van der Waals surface area contributed by atoms with E-state index < -0.39 is 29.2 Å². The average Bonchev–Trinajstić information content (AvgIpc) is 3.15. The van der Waals surface area contributed by atoms with Crippen molar-refractivity contribution in [3.05, 3.63) is 83.9 Å². The van der Waals surface area contributed by atoms with Crippen LogP contribution in [0, 0.1) is 11.6 Å². The molecule has 0 aliphatic rings. The SMILES string of the molecule is C[C@@H](NC(=O)c1ccccc1)[C@](O)(Cn1cncn1)c1ccc(F)cc1F. The number of aromatic nitrogens is 3. The number of halogens is 2. The number of benzene rings is 2. The summed E-state index contributed by atoms with van der Waals surface area (Å²) in [7, 11) is 0. The maximum atomic E-state index is 14.4. The smallest absolute Gasteiger partial charge is 0.251 e. The van der Waals surface area contributed by atoms with Crippen LogP contribution in [0.4, 0.5) is 8.78 Å². The highest BCUT2D eigenvalue weighted by atomic mass is 19.1. The minimum atomic E-state index is -1.89. The molecule has 2 N–H and O–H groups in total. The summed E-state index contributed by atoms with van der Waals surface area (Å²) in [4.78, 5) is 16.3. The van der Waals surface area contributed by atoms with Crippen molar-refractivity contribution in [3.63, 3.8) is 0 Å². The molecule has 0 saturated heterocycles. The lowest BCUT2D eigenvalue weighted by molar-refractivity contribution is -0.0186. The van der Waals surface area contributed by atoms with Crippen molar-refractivity contribution in [2.75, 3.05) is 0 Å². The number of hydrogen-bond donors (Lipinski definition) is 2. The maximum Gasteiger partial charge on any atom is 0.251 e. The van der Waals surface area contributed by atoms with E-state index >= 15 is 0 Å². The fourth-order valence-electron chi connectivity index (χ4n) is 2.85. The third kappa shape index (κ3) is 4.01. The van der Waals surface area contributed by atoms with Crippen LogP contribution in [-0.4, -0.2) is 31.8 Å². The van der Waals surface area contributed by atoms with Crippen molar-refractivity contribution in [1.29, 1.82) is 0 Å². The van der Waals surface area contributed by atoms with Crippen molar-refractivity contribution in [1.82, 2.24) is 20.1 Å². The van der Waals surface area contributed by atoms with E-state index in [1.165, 1.54) is 17.3 Å². The molecule has 0 radical (unpaired) electrons. The fraction of sp³-hybridized carbons (Fsp3) is 0.211. The van der Waals surface area contributed by atoms with Crippen LogP contribution in [0.15, 0.2) is 61.2 Å². The van der Waals surface area contributed by atoms with Gasteiger partial charge in [0.1, 0.15) is 29.9 Å². The van der Waals surface area contributed by atoms with E-state index in [9.17, 15) is 18.7 Å². The second-order valence-electron chi connectivity index (χ2n) is 6.20. The summed E-state index contributed by atoms with van der Waals surface area (Å²) in [6, 6.07) is 10.4. The zero-order chi connectivity index (χ0) is 19.4. The molecule has 1 heterocycles. The first kappa shape index (κ1) is 18.7. The standard InChI is InChI=1S/C19H18F2N4O2/c1-13(24-18(26)14-5-3-2-4-6-14)19(27,10-25-12-22-11-23-25)16-8-7-15(20)9-17(16)21/h2-9,11-13,27H,10H2,1H3,(H,24,26)/t13-,19-/m1/s1. The van der Waals surface area contributed by atoms with Crippen LogP contribution in [0.1, 0.15) is 22.8 Å². The van der Waals surface area contributed by atoms with Gasteiger partial charge in [0, 0.05) is 17.2 Å². The van der Waals surface area contributed by atoms with Gasteiger partial charge in [0.15, 0.2) is 0 Å². The van der Waals surface area contributed by atoms with Crippen molar-refractivity contribution in [2.45, 2.75) is 25.1 Å². The van der Waals surface area contributed by atoms with Crippen LogP contribution in [0.5, 0.6) is 0 Å². The molecule has 1 amide bonds. The summed E-state index contributed by atoms with van der Waals surface area (Å²) in [5.74, 6) is -2.11. The first-order valence-corrected chi connectivity index (χ1v) is 8.26. The van der Waals surface area contributed by atoms with Crippen LogP contribution < -0.4 is 5.32 Å². The average molecular weight is 372 g/mol. The van der Waals surface area contributed by atoms with Crippen molar-refractivity contribution < 1.29 is 18.7 Å². The van der Waals surface area contributed by atoms with E-state index in [1.807, 2.05) is 0 Å². The summed E-state index contributed by atoms with van der Waals surface area (Å²) >= 11 is 0. The zero-order valence-corrected chi connectivity index (χ0v) is 14.5. The normalized spacial score (nSPS) is 14.4. The first-order chi connectivity index (χ1) is 12.9. The van der Waals surface area contributed by atoms with Crippen molar-refractivity contribution in [3.8, 4) is 0 Å². The van der Waals surface area contributed by atoms with Gasteiger partial charge >= 0.3 is 0 Å². The van der Waals surface area contributed by atoms with Gasteiger partial charge in [0.2, 0.25) is 0 Å². The molecule has 140 valence electrons. The third-order valence-electron chi connectivity index (χ3n) is 4.37. The largest absolute Gasteiger partial charge is 0.381 e. The van der Waals surface area contributed by atoms with Gasteiger partial charge in [0.25, 0.3) is 5.91 Å². The number of rotatable bonds is 6. The topological polar surface area (TPSA) is 80.0 Å². The van der Waals surface area contributed by atoms with Crippen LogP contribution in [0.3, 0.4) is 0 Å². The number of carbonyl (C=O) groups excluding carboxylic acids is 1. The minimum absolute atomic E-state index is 0.153. The number of nitrogens with one attached hydrogen (secondary N) is 1. The second kappa shape index (κ2) is 7.63. The minimum Gasteiger partial charge on any atom is -0.381 e. The molecule has 0 fully saturated rings. The van der Waals surface area contributed by atoms with E-state index in [4.69, 9.17) is 0 Å². The molecular formula is C19H18F2N4O2. The Balaban J connectivity index is 1.94. The molecule has 0 aliphatic heterocycles. The molecule has 6 nitrogen and oxygen atoms in total. The Bertz CT molecular complexity index is 919. The highest BCUT2D eigenvalue weighted by molar-refractivity contribution is 5.94. The Morgan fingerprint density at radius 3 is 2.63 bits per heavy atom. The zero-order valence-electron chi connectivity index (χ0n) is 14.5. The second-order valence-corrected chi connectivity index (χ2v) is 6.20. The molecule has 0 unspecified atom stereocenters. The molecule has 1 aromatic heterocycles. The maximum absolute atomic E-state index is 14.4. The van der Waals surface area contributed by atoms with Gasteiger partial charge in [-0.15, -0.1) is 0 Å². The van der Waals surface area contributed by atoms with E-state index in [0.717, 1.165) is 12.1 Å². The van der Waals surface area contributed by atoms with Crippen LogP contribution in [0.25, 0.3) is 0 Å². The molecule has 0 bridgehead atoms. The lowest BCUT2D eigenvalue weighted by Gasteiger charge is -2.35. The first-order valence-electron chi connectivity index (χ1n) is 8.26. The van der Waals surface area contributed by atoms with Gasteiger partial charge in [-0.05, 0) is 25.1 Å². The molecule has 2 aromatic carbocycles. The van der Waals surface area contributed by atoms with E-state index in [1.54, 1.807) is 37.3 Å². The molecule has 3 aromatic rings. The quantitative estimate of drug-likeness (QED) is 0.696. The van der Waals surface area contributed by atoms with Gasteiger partial charge < -0.3 is 10.4 Å². The molecule has 8 heteroatoms. The van der Waals surface area contributed by atoms with Crippen LogP contribution in [0.2, 0.25) is 0 Å². The number of carbonyl (C=O) groups is 1. The summed E-state index contributed by atoms with van der Waals surface area (Å²) in [5.41, 5.74) is -1.65. The van der Waals surface area contributed by atoms with Crippen molar-refractivity contribution in [2.24, 2.45) is 0 Å². The highest BCUT2D eigenvalue weighted by Crippen LogP contribution is 2.30. The van der Waals surface area contributed by atoms with Crippen LogP contribution >= 0.6 is 0 Å². The van der Waals surface area contributed by atoms with E-state index in [0.29, 0.717) is 11.6 Å². The van der Waals surface area contributed by atoms with E-state index in [-0.39, 0.29) is 12.1 Å². The van der Waals surface area contributed by atoms with Crippen LogP contribution in [-0.2, 0) is 12.1 Å². The number of aliphatic hydroxyl groups is 1. The number of amides is 1. The molecule has 27 heavy (non-hydrogen) atoms. The Labute approximate surface area is 154 Å². The lowest BCUT2D eigenvalue weighted by Crippen LogP contribution is -2.51. The predicted molar refractivity (Wildman–Crippen MR) is 93.6 cm³/mol. The summed E-state index contributed by atoms with van der Waals surface area (Å²) in [5, 5.41) is 17.9. The number of nitrogens with zero attached hydrogens (tertiary/aromatic N) is 3. The summed E-state index contributed by atoms with van der Waals surface area (Å²) in [6.45, 7) is 1.35. The summed E-state index contributed by atoms with van der Waals surface area (Å²) < 4.78 is 29.1. The third-order valence-corrected chi connectivity index (χ3v) is 4.37. The number of hydrogen-bond acceptors (Lipinski definition) is 4. The van der Waals surface area contributed by atoms with Crippen molar-refractivity contribution >= 4 is 5.91 Å².